The first-order valence-corrected chi connectivity index (χ1v) is 7.63. The summed E-state index contributed by atoms with van der Waals surface area (Å²) in [4.78, 5) is 13.4. The van der Waals surface area contributed by atoms with Crippen molar-refractivity contribution in [3.05, 3.63) is 0 Å². The summed E-state index contributed by atoms with van der Waals surface area (Å²) in [5.74, 6) is -0.377. The molecular formula is C11H20N2O3S. The van der Waals surface area contributed by atoms with Gasteiger partial charge in [-0.1, -0.05) is 13.8 Å². The van der Waals surface area contributed by atoms with Gasteiger partial charge in [0.25, 0.3) is 0 Å². The number of hydrogen-bond donors (Lipinski definition) is 0. The van der Waals surface area contributed by atoms with Gasteiger partial charge in [-0.3, -0.25) is 4.79 Å². The van der Waals surface area contributed by atoms with E-state index in [1.165, 1.54) is 11.9 Å². The van der Waals surface area contributed by atoms with Crippen LogP contribution >= 0.6 is 0 Å². The van der Waals surface area contributed by atoms with Crippen LogP contribution in [-0.4, -0.2) is 44.8 Å². The van der Waals surface area contributed by atoms with E-state index in [9.17, 15) is 13.2 Å². The summed E-state index contributed by atoms with van der Waals surface area (Å²) in [7, 11) is -1.56. The lowest BCUT2D eigenvalue weighted by Crippen LogP contribution is -2.42. The molecule has 0 aliphatic rings. The van der Waals surface area contributed by atoms with Crippen molar-refractivity contribution < 1.29 is 13.2 Å². The summed E-state index contributed by atoms with van der Waals surface area (Å²) in [5, 5.41) is 9.11. The molecule has 6 heteroatoms. The molecule has 0 heterocycles. The summed E-state index contributed by atoms with van der Waals surface area (Å²) >= 11 is 0. The minimum atomic E-state index is -3.10. The van der Waals surface area contributed by atoms with Gasteiger partial charge >= 0.3 is 0 Å². The van der Waals surface area contributed by atoms with Gasteiger partial charge in [-0.2, -0.15) is 5.26 Å². The molecule has 0 saturated heterocycles. The maximum atomic E-state index is 12.1. The van der Waals surface area contributed by atoms with Crippen LogP contribution in [-0.2, 0) is 14.6 Å². The molecule has 0 aromatic heterocycles. The first kappa shape index (κ1) is 15.9. The fourth-order valence-electron chi connectivity index (χ4n) is 1.53. The highest BCUT2D eigenvalue weighted by atomic mass is 32.2. The maximum Gasteiger partial charge on any atom is 0.242 e. The summed E-state index contributed by atoms with van der Waals surface area (Å²) in [6.07, 6.45) is 1.99. The highest BCUT2D eigenvalue weighted by molar-refractivity contribution is 7.90. The molecule has 5 nitrogen and oxygen atoms in total. The molecule has 17 heavy (non-hydrogen) atoms. The third-order valence-corrected chi connectivity index (χ3v) is 3.90. The Hall–Kier alpha value is -1.09. The zero-order valence-corrected chi connectivity index (χ0v) is 11.7. The standard InChI is InChI=1S/C11H20N2O3S/c1-5-11(6-2,9-12)10(14)13(3)7-8-17(4,15)16/h5-8H2,1-4H3. The van der Waals surface area contributed by atoms with Crippen molar-refractivity contribution in [2.75, 3.05) is 25.6 Å². The lowest BCUT2D eigenvalue weighted by atomic mass is 9.82. The monoisotopic (exact) mass is 260 g/mol. The van der Waals surface area contributed by atoms with Crippen molar-refractivity contribution >= 4 is 15.7 Å². The van der Waals surface area contributed by atoms with E-state index in [1.54, 1.807) is 13.8 Å². The SMILES string of the molecule is CCC(C#N)(CC)C(=O)N(C)CCS(C)(=O)=O. The Bertz CT molecular complexity index is 405. The molecule has 0 atom stereocenters. The van der Waals surface area contributed by atoms with Gasteiger partial charge in [0.2, 0.25) is 5.91 Å². The van der Waals surface area contributed by atoms with E-state index in [0.717, 1.165) is 6.26 Å². The molecule has 0 aromatic carbocycles. The van der Waals surface area contributed by atoms with Gasteiger partial charge < -0.3 is 4.90 Å². The normalized spacial score (nSPS) is 11.9. The average Bonchev–Trinajstić information content (AvgIpc) is 2.27. The third-order valence-electron chi connectivity index (χ3n) is 2.97. The van der Waals surface area contributed by atoms with Crippen LogP contribution < -0.4 is 0 Å². The fraction of sp³-hybridized carbons (Fsp3) is 0.818. The Labute approximate surface area is 103 Å². The third kappa shape index (κ3) is 4.35. The van der Waals surface area contributed by atoms with Crippen molar-refractivity contribution in [2.24, 2.45) is 5.41 Å². The van der Waals surface area contributed by atoms with Crippen molar-refractivity contribution in [1.82, 2.24) is 4.90 Å². The van der Waals surface area contributed by atoms with Gasteiger partial charge in [0.1, 0.15) is 15.3 Å². The second-order valence-electron chi connectivity index (χ2n) is 4.26. The van der Waals surface area contributed by atoms with Crippen molar-refractivity contribution in [3.8, 4) is 6.07 Å². The molecule has 0 aliphatic heterocycles. The smallest absolute Gasteiger partial charge is 0.242 e. The van der Waals surface area contributed by atoms with Gasteiger partial charge in [-0.05, 0) is 12.8 Å². The van der Waals surface area contributed by atoms with Crippen LogP contribution in [0.25, 0.3) is 0 Å². The Morgan fingerprint density at radius 1 is 1.35 bits per heavy atom. The number of carbonyl (C=O) groups is 1. The molecule has 0 unspecified atom stereocenters. The van der Waals surface area contributed by atoms with E-state index in [-0.39, 0.29) is 18.2 Å². The largest absolute Gasteiger partial charge is 0.343 e. The van der Waals surface area contributed by atoms with E-state index in [0.29, 0.717) is 12.8 Å². The zero-order chi connectivity index (χ0) is 13.7. The molecule has 0 radical (unpaired) electrons. The van der Waals surface area contributed by atoms with Gasteiger partial charge in [-0.15, -0.1) is 0 Å². The zero-order valence-electron chi connectivity index (χ0n) is 10.9. The molecule has 0 rings (SSSR count). The summed E-state index contributed by atoms with van der Waals surface area (Å²) in [5.41, 5.74) is -1.02. The molecule has 0 saturated carbocycles. The average molecular weight is 260 g/mol. The predicted octanol–water partition coefficient (Wildman–Crippen LogP) is 0.819. The number of nitriles is 1. The van der Waals surface area contributed by atoms with Gasteiger partial charge in [0, 0.05) is 19.8 Å². The highest BCUT2D eigenvalue weighted by Crippen LogP contribution is 2.27. The van der Waals surface area contributed by atoms with Crippen molar-refractivity contribution in [3.63, 3.8) is 0 Å². The molecule has 0 N–H and O–H groups in total. The van der Waals surface area contributed by atoms with Gasteiger partial charge in [0.05, 0.1) is 11.8 Å². The van der Waals surface area contributed by atoms with Crippen LogP contribution in [0.5, 0.6) is 0 Å². The predicted molar refractivity (Wildman–Crippen MR) is 66.0 cm³/mol. The fourth-order valence-corrected chi connectivity index (χ4v) is 2.13. The van der Waals surface area contributed by atoms with Crippen LogP contribution in [0.2, 0.25) is 0 Å². The summed E-state index contributed by atoms with van der Waals surface area (Å²) in [6, 6.07) is 2.05. The topological polar surface area (TPSA) is 78.2 Å². The van der Waals surface area contributed by atoms with E-state index in [1.807, 2.05) is 0 Å². The molecule has 1 amide bonds. The van der Waals surface area contributed by atoms with Gasteiger partial charge in [0.15, 0.2) is 0 Å². The van der Waals surface area contributed by atoms with E-state index >= 15 is 0 Å². The lowest BCUT2D eigenvalue weighted by Gasteiger charge is -2.28. The number of rotatable bonds is 6. The van der Waals surface area contributed by atoms with Crippen molar-refractivity contribution in [2.45, 2.75) is 26.7 Å². The molecule has 0 aromatic rings. The number of hydrogen-bond acceptors (Lipinski definition) is 4. The first-order valence-electron chi connectivity index (χ1n) is 5.57. The van der Waals surface area contributed by atoms with Crippen LogP contribution in [0.15, 0.2) is 0 Å². The Morgan fingerprint density at radius 2 is 1.82 bits per heavy atom. The minimum absolute atomic E-state index is 0.0792. The van der Waals surface area contributed by atoms with Crippen LogP contribution in [0.4, 0.5) is 0 Å². The summed E-state index contributed by atoms with van der Waals surface area (Å²) < 4.78 is 22.0. The maximum absolute atomic E-state index is 12.1. The van der Waals surface area contributed by atoms with Crippen LogP contribution in [0.1, 0.15) is 26.7 Å². The molecule has 0 fully saturated rings. The molecule has 98 valence electrons. The number of carbonyl (C=O) groups excluding carboxylic acids is 1. The number of nitrogens with zero attached hydrogens (tertiary/aromatic N) is 2. The van der Waals surface area contributed by atoms with Crippen molar-refractivity contribution in [1.29, 1.82) is 5.26 Å². The number of amides is 1. The Kier molecular flexibility index (Phi) is 5.62. The molecule has 0 bridgehead atoms. The second kappa shape index (κ2) is 6.01. The summed E-state index contributed by atoms with van der Waals surface area (Å²) in [6.45, 7) is 3.70. The molecular weight excluding hydrogens is 240 g/mol. The van der Waals surface area contributed by atoms with E-state index < -0.39 is 15.3 Å². The first-order chi connectivity index (χ1) is 7.72. The number of sulfone groups is 1. The highest BCUT2D eigenvalue weighted by Gasteiger charge is 2.37. The quantitative estimate of drug-likeness (QED) is 0.708. The minimum Gasteiger partial charge on any atom is -0.343 e. The Balaban J connectivity index is 4.76. The van der Waals surface area contributed by atoms with E-state index in [2.05, 4.69) is 6.07 Å². The lowest BCUT2D eigenvalue weighted by molar-refractivity contribution is -0.137. The van der Waals surface area contributed by atoms with Crippen LogP contribution in [0, 0.1) is 16.7 Å². The Morgan fingerprint density at radius 3 is 2.12 bits per heavy atom. The second-order valence-corrected chi connectivity index (χ2v) is 6.52. The van der Waals surface area contributed by atoms with Crippen LogP contribution in [0.3, 0.4) is 0 Å². The van der Waals surface area contributed by atoms with Gasteiger partial charge in [-0.25, -0.2) is 8.42 Å². The molecule has 0 aliphatic carbocycles. The van der Waals surface area contributed by atoms with E-state index in [4.69, 9.17) is 5.26 Å². The molecule has 0 spiro atoms.